The van der Waals surface area contributed by atoms with E-state index in [0.29, 0.717) is 24.1 Å². The lowest BCUT2D eigenvalue weighted by Crippen LogP contribution is -2.37. The van der Waals surface area contributed by atoms with Crippen LogP contribution in [0.25, 0.3) is 0 Å². The van der Waals surface area contributed by atoms with E-state index < -0.39 is 19.9 Å². The van der Waals surface area contributed by atoms with Gasteiger partial charge in [0.25, 0.3) is 7.82 Å². The van der Waals surface area contributed by atoms with Gasteiger partial charge in [-0.05, 0) is 38.5 Å². The summed E-state index contributed by atoms with van der Waals surface area (Å²) < 4.78 is 34.5. The monoisotopic (exact) mass is 864 g/mol. The molecule has 0 amide bonds. The van der Waals surface area contributed by atoms with Crippen LogP contribution in [0, 0.1) is 0 Å². The number of allylic oxidation sites excluding steroid dienone is 9. The number of ether oxygens (including phenoxy) is 2. The van der Waals surface area contributed by atoms with Gasteiger partial charge in [-0.3, -0.25) is 9.36 Å². The van der Waals surface area contributed by atoms with Crippen LogP contribution in [0.3, 0.4) is 0 Å². The summed E-state index contributed by atoms with van der Waals surface area (Å²) in [7, 11) is 1.30. The van der Waals surface area contributed by atoms with E-state index in [2.05, 4.69) is 62.5 Å². The Hall–Kier alpha value is -1.80. The second-order valence-corrected chi connectivity index (χ2v) is 18.9. The van der Waals surface area contributed by atoms with Crippen LogP contribution in [0.5, 0.6) is 0 Å². The van der Waals surface area contributed by atoms with Gasteiger partial charge < -0.3 is 27.9 Å². The Bertz CT molecular complexity index is 1140. The van der Waals surface area contributed by atoms with Crippen LogP contribution < -0.4 is 4.89 Å². The first kappa shape index (κ1) is 58.2. The number of phosphoric ester groups is 1. The van der Waals surface area contributed by atoms with Gasteiger partial charge >= 0.3 is 5.97 Å². The minimum absolute atomic E-state index is 0.00877. The molecule has 2 unspecified atom stereocenters. The number of likely N-dealkylation sites (N-methyl/N-ethyl adjacent to an activating group) is 1. The highest BCUT2D eigenvalue weighted by atomic mass is 31.2. The summed E-state index contributed by atoms with van der Waals surface area (Å²) in [5, 5.41) is 0. The summed E-state index contributed by atoms with van der Waals surface area (Å²) in [5.74, 6) is -0.458. The fourth-order valence-electron chi connectivity index (χ4n) is 6.62. The topological polar surface area (TPSA) is 94.1 Å². The molecule has 0 bridgehead atoms. The average molecular weight is 864 g/mol. The third-order valence-electron chi connectivity index (χ3n) is 10.4. The van der Waals surface area contributed by atoms with E-state index in [4.69, 9.17) is 18.5 Å². The maximum absolute atomic E-state index is 12.6. The third kappa shape index (κ3) is 47.3. The van der Waals surface area contributed by atoms with Crippen LogP contribution in [0.4, 0.5) is 0 Å². The molecule has 0 radical (unpaired) electrons. The predicted octanol–water partition coefficient (Wildman–Crippen LogP) is 14.3. The first-order chi connectivity index (χ1) is 29.1. The molecule has 0 aromatic carbocycles. The number of carbonyl (C=O) groups is 1. The van der Waals surface area contributed by atoms with E-state index in [1.807, 2.05) is 27.2 Å². The second-order valence-electron chi connectivity index (χ2n) is 17.5. The van der Waals surface area contributed by atoms with Crippen LogP contribution in [-0.4, -0.2) is 70.7 Å². The molecule has 8 nitrogen and oxygen atoms in total. The Balaban J connectivity index is 4.19. The van der Waals surface area contributed by atoms with Crippen LogP contribution >= 0.6 is 7.82 Å². The van der Waals surface area contributed by atoms with Gasteiger partial charge in [0, 0.05) is 6.61 Å². The maximum atomic E-state index is 12.6. The molecule has 0 spiro atoms. The number of carbonyl (C=O) groups excluding carboxylic acids is 1. The molecule has 0 aromatic rings. The van der Waals surface area contributed by atoms with Crippen LogP contribution in [0.2, 0.25) is 0 Å². The fourth-order valence-corrected chi connectivity index (χ4v) is 7.35. The minimum Gasteiger partial charge on any atom is -0.756 e. The van der Waals surface area contributed by atoms with Gasteiger partial charge in [-0.25, -0.2) is 0 Å². The van der Waals surface area contributed by atoms with E-state index in [9.17, 15) is 14.3 Å². The average Bonchev–Trinajstić information content (AvgIpc) is 3.20. The van der Waals surface area contributed by atoms with Crippen molar-refractivity contribution in [2.24, 2.45) is 0 Å². The fraction of sp³-hybridized carbons (Fsp3) is 0.784. The molecule has 0 N–H and O–H groups in total. The van der Waals surface area contributed by atoms with Crippen molar-refractivity contribution in [1.29, 1.82) is 0 Å². The van der Waals surface area contributed by atoms with Crippen molar-refractivity contribution in [3.8, 4) is 0 Å². The molecule has 0 saturated carbocycles. The number of nitrogens with zero attached hydrogens (tertiary/aromatic N) is 1. The molecule has 60 heavy (non-hydrogen) atoms. The molecule has 0 aliphatic heterocycles. The smallest absolute Gasteiger partial charge is 0.310 e. The third-order valence-corrected chi connectivity index (χ3v) is 11.3. The minimum atomic E-state index is -4.55. The summed E-state index contributed by atoms with van der Waals surface area (Å²) in [4.78, 5) is 25.0. The Kier molecular flexibility index (Phi) is 42.5. The number of phosphoric acid groups is 1. The number of rotatable bonds is 45. The lowest BCUT2D eigenvalue weighted by Gasteiger charge is -2.28. The molecule has 0 heterocycles. The van der Waals surface area contributed by atoms with Crippen molar-refractivity contribution in [3.05, 3.63) is 60.8 Å². The van der Waals surface area contributed by atoms with Gasteiger partial charge in [0.1, 0.15) is 19.3 Å². The highest BCUT2D eigenvalue weighted by Gasteiger charge is 2.20. The highest BCUT2D eigenvalue weighted by molar-refractivity contribution is 7.45. The van der Waals surface area contributed by atoms with Crippen molar-refractivity contribution in [3.63, 3.8) is 0 Å². The Labute approximate surface area is 370 Å². The molecule has 0 aliphatic rings. The van der Waals surface area contributed by atoms with Gasteiger partial charge in [-0.1, -0.05) is 216 Å². The lowest BCUT2D eigenvalue weighted by molar-refractivity contribution is -0.870. The molecule has 9 heteroatoms. The van der Waals surface area contributed by atoms with E-state index >= 15 is 0 Å². The number of hydrogen-bond acceptors (Lipinski definition) is 7. The molecule has 0 aromatic heterocycles. The van der Waals surface area contributed by atoms with Gasteiger partial charge in [-0.2, -0.15) is 0 Å². The zero-order chi connectivity index (χ0) is 44.1. The van der Waals surface area contributed by atoms with E-state index in [1.165, 1.54) is 135 Å². The summed E-state index contributed by atoms with van der Waals surface area (Å²) in [6, 6.07) is 0. The molecule has 0 aliphatic carbocycles. The summed E-state index contributed by atoms with van der Waals surface area (Å²) >= 11 is 0. The molecule has 0 saturated heterocycles. The van der Waals surface area contributed by atoms with Gasteiger partial charge in [0.2, 0.25) is 0 Å². The zero-order valence-electron chi connectivity index (χ0n) is 39.6. The first-order valence-electron chi connectivity index (χ1n) is 24.5. The molecule has 0 fully saturated rings. The van der Waals surface area contributed by atoms with Gasteiger partial charge in [-0.15, -0.1) is 0 Å². The molecular formula is C51H94NO7P. The van der Waals surface area contributed by atoms with E-state index in [0.717, 1.165) is 38.5 Å². The van der Waals surface area contributed by atoms with Crippen LogP contribution in [0.15, 0.2) is 60.8 Å². The largest absolute Gasteiger partial charge is 0.756 e. The molecule has 0 rings (SSSR count). The molecule has 350 valence electrons. The van der Waals surface area contributed by atoms with Crippen LogP contribution in [-0.2, 0) is 27.9 Å². The normalized spacial score (nSPS) is 14.2. The SMILES string of the molecule is CC/C=C\C/C=C\C/C=C\C/C=C\C/C=C\CC(=O)OC(COCCCCCCCCCCCCCCCCCCCCCCCCC)COP(=O)([O-])OCC[N+](C)(C)C. The zero-order valence-corrected chi connectivity index (χ0v) is 40.5. The molecular weight excluding hydrogens is 770 g/mol. The molecule has 2 atom stereocenters. The van der Waals surface area contributed by atoms with Crippen molar-refractivity contribution >= 4 is 13.8 Å². The van der Waals surface area contributed by atoms with Crippen LogP contribution in [0.1, 0.15) is 200 Å². The summed E-state index contributed by atoms with van der Waals surface area (Å²) in [6.45, 7) is 5.18. The standard InChI is InChI=1S/C51H94NO7P/c1-6-8-10-12-14-16-18-20-22-23-24-25-26-27-28-29-31-33-35-37-39-41-43-46-56-48-50(49-58-60(54,55)57-47-45-52(3,4)5)59-51(53)44-42-40-38-36-34-32-30-21-19-17-15-13-11-9-7-2/h9,11,15,17,21,30,34,36,40,42,50H,6-8,10,12-14,16,18-20,22-29,31-33,35,37-39,41,43-49H2,1-5H3/b11-9-,17-15-,30-21-,36-34-,42-40-. The van der Waals surface area contributed by atoms with Crippen molar-refractivity contribution in [2.75, 3.05) is 54.1 Å². The summed E-state index contributed by atoms with van der Waals surface area (Å²) in [5.41, 5.74) is 0. The quantitative estimate of drug-likeness (QED) is 0.0198. The van der Waals surface area contributed by atoms with Gasteiger partial charge in [0.15, 0.2) is 0 Å². The predicted molar refractivity (Wildman–Crippen MR) is 254 cm³/mol. The second kappa shape index (κ2) is 43.8. The Morgan fingerprint density at radius 3 is 1.30 bits per heavy atom. The van der Waals surface area contributed by atoms with Gasteiger partial charge in [0.05, 0.1) is 40.8 Å². The van der Waals surface area contributed by atoms with E-state index in [1.54, 1.807) is 6.08 Å². The lowest BCUT2D eigenvalue weighted by atomic mass is 10.0. The van der Waals surface area contributed by atoms with Crippen molar-refractivity contribution in [2.45, 2.75) is 206 Å². The number of esters is 1. The Morgan fingerprint density at radius 1 is 0.517 bits per heavy atom. The Morgan fingerprint density at radius 2 is 0.900 bits per heavy atom. The van der Waals surface area contributed by atoms with Crippen molar-refractivity contribution in [1.82, 2.24) is 0 Å². The maximum Gasteiger partial charge on any atom is 0.310 e. The highest BCUT2D eigenvalue weighted by Crippen LogP contribution is 2.38. The number of unbranched alkanes of at least 4 members (excludes halogenated alkanes) is 22. The first-order valence-corrected chi connectivity index (χ1v) is 26.0. The number of hydrogen-bond donors (Lipinski definition) is 0. The summed E-state index contributed by atoms with van der Waals surface area (Å²) in [6.07, 6.45) is 55.7. The van der Waals surface area contributed by atoms with Crippen molar-refractivity contribution < 1.29 is 37.3 Å². The number of quaternary nitrogens is 1. The van der Waals surface area contributed by atoms with E-state index in [-0.39, 0.29) is 26.2 Å².